The second-order valence-electron chi connectivity index (χ2n) is 3.82. The van der Waals surface area contributed by atoms with Gasteiger partial charge in [0.05, 0.1) is 4.34 Å². The number of thiophene rings is 1. The van der Waals surface area contributed by atoms with Crippen LogP contribution in [0.25, 0.3) is 0 Å². The van der Waals surface area contributed by atoms with Gasteiger partial charge in [0.15, 0.2) is 0 Å². The lowest BCUT2D eigenvalue weighted by molar-refractivity contribution is 0.560. The van der Waals surface area contributed by atoms with Crippen molar-refractivity contribution in [3.05, 3.63) is 39.6 Å². The van der Waals surface area contributed by atoms with E-state index in [2.05, 4.69) is 27.9 Å². The van der Waals surface area contributed by atoms with Crippen LogP contribution in [0.15, 0.2) is 24.5 Å². The summed E-state index contributed by atoms with van der Waals surface area (Å²) in [5.74, 6) is 1.11. The minimum Gasteiger partial charge on any atom is -0.335 e. The molecule has 5 heteroatoms. The number of nitrogens with one attached hydrogen (secondary N) is 1. The number of imidazole rings is 1. The van der Waals surface area contributed by atoms with Gasteiger partial charge in [-0.1, -0.05) is 11.6 Å². The van der Waals surface area contributed by atoms with Crippen molar-refractivity contribution in [3.8, 4) is 0 Å². The summed E-state index contributed by atoms with van der Waals surface area (Å²) >= 11 is 7.59. The fourth-order valence-corrected chi connectivity index (χ4v) is 3.03. The maximum atomic E-state index is 5.97. The van der Waals surface area contributed by atoms with E-state index in [-0.39, 0.29) is 6.04 Å². The van der Waals surface area contributed by atoms with Crippen molar-refractivity contribution in [1.29, 1.82) is 0 Å². The molecule has 0 aliphatic carbocycles. The maximum absolute atomic E-state index is 5.97. The molecule has 0 aliphatic heterocycles. The molecule has 0 saturated carbocycles. The average molecular weight is 270 g/mol. The van der Waals surface area contributed by atoms with Gasteiger partial charge in [0.25, 0.3) is 0 Å². The topological polar surface area (TPSA) is 29.9 Å². The van der Waals surface area contributed by atoms with Gasteiger partial charge in [0.2, 0.25) is 0 Å². The van der Waals surface area contributed by atoms with E-state index < -0.39 is 0 Å². The Morgan fingerprint density at radius 3 is 2.94 bits per heavy atom. The van der Waals surface area contributed by atoms with Crippen LogP contribution < -0.4 is 5.32 Å². The van der Waals surface area contributed by atoms with Gasteiger partial charge in [-0.2, -0.15) is 0 Å². The Hall–Kier alpha value is -0.840. The van der Waals surface area contributed by atoms with E-state index in [9.17, 15) is 0 Å². The normalized spacial score (nSPS) is 12.9. The predicted molar refractivity (Wildman–Crippen MR) is 72.7 cm³/mol. The lowest BCUT2D eigenvalue weighted by Gasteiger charge is -2.14. The minimum atomic E-state index is 0.278. The van der Waals surface area contributed by atoms with Crippen LogP contribution in [0.5, 0.6) is 0 Å². The Bertz CT molecular complexity index is 478. The zero-order valence-electron chi connectivity index (χ0n) is 9.98. The molecule has 0 amide bonds. The number of hydrogen-bond acceptors (Lipinski definition) is 3. The molecule has 1 N–H and O–H groups in total. The number of aromatic nitrogens is 2. The van der Waals surface area contributed by atoms with Crippen LogP contribution in [0, 0.1) is 0 Å². The summed E-state index contributed by atoms with van der Waals surface area (Å²) in [4.78, 5) is 5.65. The van der Waals surface area contributed by atoms with Gasteiger partial charge < -0.3 is 9.88 Å². The summed E-state index contributed by atoms with van der Waals surface area (Å²) in [5.41, 5.74) is 0. The van der Waals surface area contributed by atoms with Crippen molar-refractivity contribution in [3.63, 3.8) is 0 Å². The highest BCUT2D eigenvalue weighted by Gasteiger charge is 2.15. The molecule has 0 radical (unpaired) electrons. The third kappa shape index (κ3) is 2.89. The lowest BCUT2D eigenvalue weighted by atomic mass is 10.1. The van der Waals surface area contributed by atoms with E-state index in [1.54, 1.807) is 11.3 Å². The van der Waals surface area contributed by atoms with Crippen LogP contribution in [-0.2, 0) is 13.0 Å². The summed E-state index contributed by atoms with van der Waals surface area (Å²) < 4.78 is 3.00. The smallest absolute Gasteiger partial charge is 0.110 e. The molecule has 0 bridgehead atoms. The van der Waals surface area contributed by atoms with E-state index in [4.69, 9.17) is 11.6 Å². The van der Waals surface area contributed by atoms with Crippen LogP contribution in [0.4, 0.5) is 0 Å². The zero-order valence-corrected chi connectivity index (χ0v) is 11.6. The van der Waals surface area contributed by atoms with Gasteiger partial charge in [-0.05, 0) is 26.1 Å². The van der Waals surface area contributed by atoms with Crippen LogP contribution in [0.3, 0.4) is 0 Å². The van der Waals surface area contributed by atoms with E-state index in [1.165, 1.54) is 4.88 Å². The summed E-state index contributed by atoms with van der Waals surface area (Å²) in [5, 5.41) is 3.32. The van der Waals surface area contributed by atoms with Crippen LogP contribution in [0.2, 0.25) is 4.34 Å². The van der Waals surface area contributed by atoms with Gasteiger partial charge in [0.1, 0.15) is 5.82 Å². The highest BCUT2D eigenvalue weighted by molar-refractivity contribution is 7.16. The third-order valence-corrected chi connectivity index (χ3v) is 4.16. The van der Waals surface area contributed by atoms with Crippen LogP contribution in [-0.4, -0.2) is 16.6 Å². The third-order valence-electron chi connectivity index (χ3n) is 2.81. The number of likely N-dealkylation sites (N-methyl/N-ethyl adjacent to an activating group) is 1. The van der Waals surface area contributed by atoms with Crippen molar-refractivity contribution in [2.75, 3.05) is 7.05 Å². The molecule has 17 heavy (non-hydrogen) atoms. The summed E-state index contributed by atoms with van der Waals surface area (Å²) in [6, 6.07) is 4.30. The fourth-order valence-electron chi connectivity index (χ4n) is 1.86. The summed E-state index contributed by atoms with van der Waals surface area (Å²) in [6.45, 7) is 3.08. The molecule has 92 valence electrons. The Morgan fingerprint density at radius 2 is 2.35 bits per heavy atom. The minimum absolute atomic E-state index is 0.278. The Balaban J connectivity index is 2.15. The number of nitrogens with zero attached hydrogens (tertiary/aromatic N) is 2. The molecule has 2 heterocycles. The second-order valence-corrected chi connectivity index (χ2v) is 5.56. The van der Waals surface area contributed by atoms with Crippen molar-refractivity contribution in [2.24, 2.45) is 0 Å². The molecule has 0 saturated heterocycles. The average Bonchev–Trinajstić information content (AvgIpc) is 2.94. The Morgan fingerprint density at radius 1 is 1.53 bits per heavy atom. The zero-order chi connectivity index (χ0) is 12.3. The molecule has 0 spiro atoms. The second kappa shape index (κ2) is 5.67. The SMILES string of the molecule is CCn1ccnc1CC(NC)c1ccc(Cl)s1. The van der Waals surface area contributed by atoms with Gasteiger partial charge in [-0.15, -0.1) is 11.3 Å². The quantitative estimate of drug-likeness (QED) is 0.904. The molecule has 3 nitrogen and oxygen atoms in total. The molecular formula is C12H16ClN3S. The first kappa shape index (κ1) is 12.6. The molecule has 1 unspecified atom stereocenters. The number of halogens is 1. The van der Waals surface area contributed by atoms with E-state index in [1.807, 2.05) is 25.5 Å². The molecular weight excluding hydrogens is 254 g/mol. The van der Waals surface area contributed by atoms with Crippen LogP contribution in [0.1, 0.15) is 23.7 Å². The first-order valence-corrected chi connectivity index (χ1v) is 6.86. The monoisotopic (exact) mass is 269 g/mol. The lowest BCUT2D eigenvalue weighted by Crippen LogP contribution is -2.19. The highest BCUT2D eigenvalue weighted by atomic mass is 35.5. The number of hydrogen-bond donors (Lipinski definition) is 1. The Kier molecular flexibility index (Phi) is 4.20. The Labute approximate surface area is 110 Å². The van der Waals surface area contributed by atoms with Gasteiger partial charge in [0, 0.05) is 36.3 Å². The predicted octanol–water partition coefficient (Wildman–Crippen LogP) is 3.12. The molecule has 2 aromatic heterocycles. The van der Waals surface area contributed by atoms with Crippen LogP contribution >= 0.6 is 22.9 Å². The number of aryl methyl sites for hydroxylation is 1. The van der Waals surface area contributed by atoms with E-state index >= 15 is 0 Å². The summed E-state index contributed by atoms with van der Waals surface area (Å²) in [7, 11) is 1.97. The van der Waals surface area contributed by atoms with Gasteiger partial charge in [-0.3, -0.25) is 0 Å². The highest BCUT2D eigenvalue weighted by Crippen LogP contribution is 2.28. The molecule has 2 aromatic rings. The maximum Gasteiger partial charge on any atom is 0.110 e. The molecule has 1 atom stereocenters. The van der Waals surface area contributed by atoms with Crippen molar-refractivity contribution in [2.45, 2.75) is 25.9 Å². The summed E-state index contributed by atoms with van der Waals surface area (Å²) in [6.07, 6.45) is 4.75. The fraction of sp³-hybridized carbons (Fsp3) is 0.417. The van der Waals surface area contributed by atoms with Crippen molar-refractivity contribution >= 4 is 22.9 Å². The largest absolute Gasteiger partial charge is 0.335 e. The standard InChI is InChI=1S/C12H16ClN3S/c1-3-16-7-6-15-12(16)8-9(14-2)10-4-5-11(13)17-10/h4-7,9,14H,3,8H2,1-2H3. The van der Waals surface area contributed by atoms with E-state index in [0.29, 0.717) is 0 Å². The molecule has 0 fully saturated rings. The first-order chi connectivity index (χ1) is 8.24. The first-order valence-electron chi connectivity index (χ1n) is 5.67. The molecule has 0 aliphatic rings. The van der Waals surface area contributed by atoms with Crippen molar-refractivity contribution in [1.82, 2.24) is 14.9 Å². The number of rotatable bonds is 5. The molecule has 0 aromatic carbocycles. The van der Waals surface area contributed by atoms with Gasteiger partial charge in [-0.25, -0.2) is 4.98 Å². The van der Waals surface area contributed by atoms with E-state index in [0.717, 1.165) is 23.1 Å². The molecule has 2 rings (SSSR count). The van der Waals surface area contributed by atoms with Crippen molar-refractivity contribution < 1.29 is 0 Å². The van der Waals surface area contributed by atoms with Gasteiger partial charge >= 0.3 is 0 Å².